The molecule has 94 valence electrons. The lowest BCUT2D eigenvalue weighted by molar-refractivity contribution is -0.120. The molecule has 0 aliphatic carbocycles. The number of aromatic nitrogens is 2. The highest BCUT2D eigenvalue weighted by atomic mass is 35.5. The molecule has 0 saturated heterocycles. The van der Waals surface area contributed by atoms with Crippen LogP contribution in [0.4, 0.5) is 0 Å². The molecule has 1 heterocycles. The van der Waals surface area contributed by atoms with Crippen molar-refractivity contribution < 1.29 is 9.32 Å². The van der Waals surface area contributed by atoms with Crippen molar-refractivity contribution in [1.29, 1.82) is 0 Å². The van der Waals surface area contributed by atoms with E-state index in [2.05, 4.69) is 15.5 Å². The van der Waals surface area contributed by atoms with Crippen molar-refractivity contribution in [1.82, 2.24) is 15.5 Å². The second kappa shape index (κ2) is 5.64. The Bertz CT molecular complexity index is 554. The van der Waals surface area contributed by atoms with E-state index in [1.54, 1.807) is 19.2 Å². The second-order valence-electron chi connectivity index (χ2n) is 3.70. The van der Waals surface area contributed by atoms with Crippen LogP contribution in [0.2, 0.25) is 5.02 Å². The smallest absolute Gasteiger partial charge is 0.227 e. The molecule has 0 saturated carbocycles. The number of halogens is 1. The van der Waals surface area contributed by atoms with E-state index >= 15 is 0 Å². The molecule has 2 rings (SSSR count). The molecular weight excluding hydrogens is 254 g/mol. The lowest BCUT2D eigenvalue weighted by Crippen LogP contribution is -2.17. The Balaban J connectivity index is 2.08. The normalized spacial score (nSPS) is 10.3. The number of nitrogens with zero attached hydrogens (tertiary/aromatic N) is 2. The van der Waals surface area contributed by atoms with E-state index in [9.17, 15) is 4.79 Å². The van der Waals surface area contributed by atoms with Crippen LogP contribution in [0.25, 0.3) is 11.4 Å². The molecule has 0 fully saturated rings. The van der Waals surface area contributed by atoms with Crippen LogP contribution in [0.3, 0.4) is 0 Å². The summed E-state index contributed by atoms with van der Waals surface area (Å²) in [4.78, 5) is 15.3. The summed E-state index contributed by atoms with van der Waals surface area (Å²) in [5.74, 6) is 0.857. The van der Waals surface area contributed by atoms with E-state index in [1.165, 1.54) is 0 Å². The maximum Gasteiger partial charge on any atom is 0.227 e. The minimum Gasteiger partial charge on any atom is -0.359 e. The zero-order chi connectivity index (χ0) is 13.0. The third kappa shape index (κ3) is 3.07. The van der Waals surface area contributed by atoms with Crippen molar-refractivity contribution >= 4 is 17.5 Å². The van der Waals surface area contributed by atoms with Crippen LogP contribution in [0.5, 0.6) is 0 Å². The maximum absolute atomic E-state index is 11.1. The summed E-state index contributed by atoms with van der Waals surface area (Å²) in [6.07, 6.45) is 0.751. The van der Waals surface area contributed by atoms with Crippen molar-refractivity contribution in [3.63, 3.8) is 0 Å². The fourth-order valence-electron chi connectivity index (χ4n) is 1.45. The number of amides is 1. The average Bonchev–Trinajstić information content (AvgIpc) is 2.84. The first kappa shape index (κ1) is 12.6. The molecule has 0 aliphatic heterocycles. The van der Waals surface area contributed by atoms with Crippen LogP contribution < -0.4 is 5.32 Å². The summed E-state index contributed by atoms with van der Waals surface area (Å²) >= 11 is 5.88. The first-order chi connectivity index (χ1) is 8.69. The lowest BCUT2D eigenvalue weighted by Gasteiger charge is -1.95. The van der Waals surface area contributed by atoms with Gasteiger partial charge < -0.3 is 9.84 Å². The number of aryl methyl sites for hydroxylation is 1. The number of nitrogens with one attached hydrogen (secondary N) is 1. The molecule has 0 radical (unpaired) electrons. The van der Waals surface area contributed by atoms with Gasteiger partial charge in [-0.15, -0.1) is 0 Å². The Kier molecular flexibility index (Phi) is 3.94. The monoisotopic (exact) mass is 265 g/mol. The average molecular weight is 266 g/mol. The van der Waals surface area contributed by atoms with Gasteiger partial charge in [0, 0.05) is 30.5 Å². The predicted octanol–water partition coefficient (Wildman–Crippen LogP) is 2.07. The molecule has 1 N–H and O–H groups in total. The van der Waals surface area contributed by atoms with Crippen LogP contribution >= 0.6 is 11.6 Å². The predicted molar refractivity (Wildman–Crippen MR) is 67.1 cm³/mol. The lowest BCUT2D eigenvalue weighted by atomic mass is 10.2. The van der Waals surface area contributed by atoms with E-state index in [1.807, 2.05) is 12.1 Å². The van der Waals surface area contributed by atoms with E-state index in [0.717, 1.165) is 5.56 Å². The molecule has 0 unspecified atom stereocenters. The maximum atomic E-state index is 11.1. The summed E-state index contributed by atoms with van der Waals surface area (Å²) in [6.45, 7) is 0. The fraction of sp³-hybridized carbons (Fsp3) is 0.250. The van der Waals surface area contributed by atoms with E-state index in [0.29, 0.717) is 29.6 Å². The highest BCUT2D eigenvalue weighted by Gasteiger charge is 2.10. The second-order valence-corrected chi connectivity index (χ2v) is 4.13. The number of rotatable bonds is 4. The standard InChI is InChI=1S/C12H12ClN3O2/c1-14-10(17)5-6-11-15-12(16-18-11)8-3-2-4-9(13)7-8/h2-4,7H,5-6H2,1H3,(H,14,17). The summed E-state index contributed by atoms with van der Waals surface area (Å²) in [6, 6.07) is 7.20. The quantitative estimate of drug-likeness (QED) is 0.919. The Morgan fingerprint density at radius 3 is 3.06 bits per heavy atom. The minimum atomic E-state index is -0.0579. The molecule has 18 heavy (non-hydrogen) atoms. The molecular formula is C12H12ClN3O2. The van der Waals surface area contributed by atoms with Crippen LogP contribution in [0, 0.1) is 0 Å². The molecule has 0 atom stereocenters. The van der Waals surface area contributed by atoms with Gasteiger partial charge in [0.1, 0.15) is 0 Å². The summed E-state index contributed by atoms with van der Waals surface area (Å²) in [7, 11) is 1.59. The first-order valence-electron chi connectivity index (χ1n) is 5.48. The molecule has 1 aromatic carbocycles. The van der Waals surface area contributed by atoms with Crippen molar-refractivity contribution in [2.75, 3.05) is 7.05 Å². The topological polar surface area (TPSA) is 68.0 Å². The number of hydrogen-bond acceptors (Lipinski definition) is 4. The fourth-order valence-corrected chi connectivity index (χ4v) is 1.64. The highest BCUT2D eigenvalue weighted by Crippen LogP contribution is 2.20. The molecule has 1 aromatic heterocycles. The minimum absolute atomic E-state index is 0.0579. The van der Waals surface area contributed by atoms with Gasteiger partial charge in [0.2, 0.25) is 17.6 Å². The van der Waals surface area contributed by atoms with Crippen LogP contribution in [-0.4, -0.2) is 23.1 Å². The van der Waals surface area contributed by atoms with Crippen LogP contribution in [-0.2, 0) is 11.2 Å². The Morgan fingerprint density at radius 2 is 2.33 bits per heavy atom. The first-order valence-corrected chi connectivity index (χ1v) is 5.86. The Hall–Kier alpha value is -1.88. The van der Waals surface area contributed by atoms with Crippen LogP contribution in [0.15, 0.2) is 28.8 Å². The van der Waals surface area contributed by atoms with Gasteiger partial charge in [-0.25, -0.2) is 0 Å². The van der Waals surface area contributed by atoms with Crippen molar-refractivity contribution in [3.05, 3.63) is 35.2 Å². The third-order valence-electron chi connectivity index (χ3n) is 2.40. The summed E-state index contributed by atoms with van der Waals surface area (Å²) < 4.78 is 5.07. The van der Waals surface area contributed by atoms with Crippen molar-refractivity contribution in [2.24, 2.45) is 0 Å². The zero-order valence-electron chi connectivity index (χ0n) is 9.81. The molecule has 1 amide bonds. The Labute approximate surface area is 109 Å². The number of hydrogen-bond donors (Lipinski definition) is 1. The van der Waals surface area contributed by atoms with Gasteiger partial charge in [0.15, 0.2) is 0 Å². The molecule has 6 heteroatoms. The van der Waals surface area contributed by atoms with E-state index in [4.69, 9.17) is 16.1 Å². The summed E-state index contributed by atoms with van der Waals surface area (Å²) in [5.41, 5.74) is 0.789. The van der Waals surface area contributed by atoms with E-state index < -0.39 is 0 Å². The van der Waals surface area contributed by atoms with Gasteiger partial charge in [0.25, 0.3) is 0 Å². The molecule has 0 bridgehead atoms. The van der Waals surface area contributed by atoms with Gasteiger partial charge in [-0.1, -0.05) is 28.9 Å². The number of benzene rings is 1. The number of carbonyl (C=O) groups is 1. The molecule has 0 spiro atoms. The van der Waals surface area contributed by atoms with Crippen molar-refractivity contribution in [2.45, 2.75) is 12.8 Å². The zero-order valence-corrected chi connectivity index (χ0v) is 10.6. The highest BCUT2D eigenvalue weighted by molar-refractivity contribution is 6.30. The van der Waals surface area contributed by atoms with E-state index in [-0.39, 0.29) is 5.91 Å². The van der Waals surface area contributed by atoms with Gasteiger partial charge in [-0.2, -0.15) is 4.98 Å². The van der Waals surface area contributed by atoms with Gasteiger partial charge in [-0.3, -0.25) is 4.79 Å². The third-order valence-corrected chi connectivity index (χ3v) is 2.63. The van der Waals surface area contributed by atoms with Crippen LogP contribution in [0.1, 0.15) is 12.3 Å². The molecule has 5 nitrogen and oxygen atoms in total. The van der Waals surface area contributed by atoms with Gasteiger partial charge >= 0.3 is 0 Å². The van der Waals surface area contributed by atoms with Gasteiger partial charge in [-0.05, 0) is 12.1 Å². The number of carbonyl (C=O) groups excluding carboxylic acids is 1. The largest absolute Gasteiger partial charge is 0.359 e. The van der Waals surface area contributed by atoms with Crippen molar-refractivity contribution in [3.8, 4) is 11.4 Å². The molecule has 2 aromatic rings. The SMILES string of the molecule is CNC(=O)CCc1nc(-c2cccc(Cl)c2)no1. The Morgan fingerprint density at radius 1 is 1.50 bits per heavy atom. The van der Waals surface area contributed by atoms with Gasteiger partial charge in [0.05, 0.1) is 0 Å². The molecule has 0 aliphatic rings. The summed E-state index contributed by atoms with van der Waals surface area (Å²) in [5, 5.41) is 7.00.